The van der Waals surface area contributed by atoms with Crippen LogP contribution < -0.4 is 0 Å². The molecule has 102 valence electrons. The summed E-state index contributed by atoms with van der Waals surface area (Å²) in [4.78, 5) is 0.153. The van der Waals surface area contributed by atoms with Gasteiger partial charge in [0.2, 0.25) is 0 Å². The van der Waals surface area contributed by atoms with Crippen molar-refractivity contribution >= 4 is 61.2 Å². The summed E-state index contributed by atoms with van der Waals surface area (Å²) in [6.07, 6.45) is 0.926. The zero-order valence-corrected chi connectivity index (χ0v) is 11.4. The average Bonchev–Trinajstić information content (AvgIpc) is 2.44. The third kappa shape index (κ3) is 2.99. The second kappa shape index (κ2) is 6.20. The molecule has 0 saturated carbocycles. The Morgan fingerprint density at radius 1 is 0.905 bits per heavy atom. The fourth-order valence-electron chi connectivity index (χ4n) is 2.30. The van der Waals surface area contributed by atoms with E-state index in [-0.39, 0.29) is 34.5 Å². The van der Waals surface area contributed by atoms with E-state index >= 15 is 0 Å². The summed E-state index contributed by atoms with van der Waals surface area (Å²) < 4.78 is 28.8. The van der Waals surface area contributed by atoms with Crippen LogP contribution in [0.1, 0.15) is 0 Å². The Labute approximate surface area is 145 Å². The van der Waals surface area contributed by atoms with Crippen LogP contribution in [0.15, 0.2) is 72.3 Å². The van der Waals surface area contributed by atoms with Gasteiger partial charge in [0.05, 0.1) is 6.26 Å². The van der Waals surface area contributed by atoms with Crippen molar-refractivity contribution in [3.8, 4) is 0 Å². The SMILES string of the molecule is C=COS(=O)(=O)c1cccc2cc3ccccc3cc12.[NaH]. The van der Waals surface area contributed by atoms with Crippen molar-refractivity contribution < 1.29 is 12.6 Å². The second-order valence-electron chi connectivity index (χ2n) is 4.39. The molecule has 0 bridgehead atoms. The summed E-state index contributed by atoms with van der Waals surface area (Å²) in [7, 11) is -3.82. The minimum atomic E-state index is -3.82. The Morgan fingerprint density at radius 3 is 2.19 bits per heavy atom. The summed E-state index contributed by atoms with van der Waals surface area (Å²) in [6.45, 7) is 3.30. The Bertz CT molecular complexity index is 917. The third-order valence-corrected chi connectivity index (χ3v) is 4.45. The molecule has 0 radical (unpaired) electrons. The predicted molar refractivity (Wildman–Crippen MR) is 87.1 cm³/mol. The molecule has 0 unspecified atom stereocenters. The molecule has 3 aromatic rings. The van der Waals surface area contributed by atoms with Gasteiger partial charge in [-0.15, -0.1) is 0 Å². The van der Waals surface area contributed by atoms with Crippen LogP contribution in [0.4, 0.5) is 0 Å². The first-order valence-corrected chi connectivity index (χ1v) is 7.48. The first-order valence-electron chi connectivity index (χ1n) is 6.07. The van der Waals surface area contributed by atoms with Gasteiger partial charge in [0, 0.05) is 5.39 Å². The van der Waals surface area contributed by atoms with Crippen molar-refractivity contribution in [2.45, 2.75) is 4.90 Å². The monoisotopic (exact) mass is 308 g/mol. The minimum absolute atomic E-state index is 0. The van der Waals surface area contributed by atoms with Crippen LogP contribution in [-0.4, -0.2) is 38.0 Å². The number of fused-ring (bicyclic) bond motifs is 2. The zero-order chi connectivity index (χ0) is 14.2. The Balaban J connectivity index is 0.00000161. The summed E-state index contributed by atoms with van der Waals surface area (Å²) >= 11 is 0. The van der Waals surface area contributed by atoms with Crippen molar-refractivity contribution in [1.82, 2.24) is 0 Å². The molecule has 0 heterocycles. The van der Waals surface area contributed by atoms with Gasteiger partial charge in [-0.05, 0) is 34.4 Å². The topological polar surface area (TPSA) is 43.4 Å². The molecule has 0 fully saturated rings. The third-order valence-electron chi connectivity index (χ3n) is 3.17. The fraction of sp³-hybridized carbons (Fsp3) is 0. The van der Waals surface area contributed by atoms with Gasteiger partial charge in [-0.25, -0.2) is 0 Å². The second-order valence-corrected chi connectivity index (χ2v) is 5.93. The predicted octanol–water partition coefficient (Wildman–Crippen LogP) is 3.19. The first kappa shape index (κ1) is 16.0. The molecular formula is C16H13NaO3S. The van der Waals surface area contributed by atoms with E-state index in [0.29, 0.717) is 5.39 Å². The van der Waals surface area contributed by atoms with Crippen LogP contribution in [0.5, 0.6) is 0 Å². The molecule has 0 spiro atoms. The van der Waals surface area contributed by atoms with Gasteiger partial charge in [-0.1, -0.05) is 43.0 Å². The quantitative estimate of drug-likeness (QED) is 0.323. The van der Waals surface area contributed by atoms with Crippen molar-refractivity contribution in [3.63, 3.8) is 0 Å². The van der Waals surface area contributed by atoms with E-state index < -0.39 is 10.1 Å². The van der Waals surface area contributed by atoms with Crippen LogP contribution in [0, 0.1) is 0 Å². The van der Waals surface area contributed by atoms with Gasteiger partial charge in [-0.3, -0.25) is 0 Å². The van der Waals surface area contributed by atoms with Gasteiger partial charge < -0.3 is 4.18 Å². The summed E-state index contributed by atoms with van der Waals surface area (Å²) in [5.74, 6) is 0. The molecule has 3 rings (SSSR count). The molecule has 0 aliphatic rings. The van der Waals surface area contributed by atoms with E-state index in [1.54, 1.807) is 6.07 Å². The number of benzene rings is 3. The van der Waals surface area contributed by atoms with Gasteiger partial charge >= 0.3 is 39.7 Å². The van der Waals surface area contributed by atoms with Crippen LogP contribution in [0.2, 0.25) is 0 Å². The Kier molecular flexibility index (Phi) is 4.74. The first-order chi connectivity index (χ1) is 9.62. The van der Waals surface area contributed by atoms with E-state index in [0.717, 1.165) is 22.4 Å². The van der Waals surface area contributed by atoms with Gasteiger partial charge in [0.25, 0.3) is 0 Å². The molecule has 5 heteroatoms. The van der Waals surface area contributed by atoms with E-state index in [1.165, 1.54) is 6.07 Å². The van der Waals surface area contributed by atoms with E-state index in [2.05, 4.69) is 10.8 Å². The molecule has 0 atom stereocenters. The summed E-state index contributed by atoms with van der Waals surface area (Å²) in [5, 5.41) is 3.56. The van der Waals surface area contributed by atoms with Crippen LogP contribution in [0.3, 0.4) is 0 Å². The number of rotatable bonds is 3. The van der Waals surface area contributed by atoms with E-state index in [9.17, 15) is 8.42 Å². The molecule has 21 heavy (non-hydrogen) atoms. The van der Waals surface area contributed by atoms with Gasteiger partial charge in [0.15, 0.2) is 0 Å². The molecule has 3 nitrogen and oxygen atoms in total. The van der Waals surface area contributed by atoms with Gasteiger partial charge in [-0.2, -0.15) is 8.42 Å². The Morgan fingerprint density at radius 2 is 1.52 bits per heavy atom. The summed E-state index contributed by atoms with van der Waals surface area (Å²) in [5.41, 5.74) is 0. The fourth-order valence-corrected chi connectivity index (χ4v) is 3.27. The summed E-state index contributed by atoms with van der Waals surface area (Å²) in [6, 6.07) is 16.8. The number of hydrogen-bond donors (Lipinski definition) is 0. The van der Waals surface area contributed by atoms with Crippen LogP contribution >= 0.6 is 0 Å². The molecule has 3 aromatic carbocycles. The molecule has 0 amide bonds. The maximum absolute atomic E-state index is 12.1. The van der Waals surface area contributed by atoms with Crippen molar-refractivity contribution in [3.05, 3.63) is 67.4 Å². The molecule has 0 aromatic heterocycles. The molecule has 0 saturated heterocycles. The average molecular weight is 308 g/mol. The van der Waals surface area contributed by atoms with Crippen molar-refractivity contribution in [2.75, 3.05) is 0 Å². The zero-order valence-electron chi connectivity index (χ0n) is 10.6. The van der Waals surface area contributed by atoms with E-state index in [1.807, 2.05) is 42.5 Å². The molecule has 0 N–H and O–H groups in total. The van der Waals surface area contributed by atoms with Gasteiger partial charge in [0.1, 0.15) is 4.90 Å². The maximum atomic E-state index is 12.1. The Hall–Kier alpha value is -1.33. The normalized spacial score (nSPS) is 11.0. The van der Waals surface area contributed by atoms with Crippen LogP contribution in [0.25, 0.3) is 21.5 Å². The molecule has 0 aliphatic heterocycles. The van der Waals surface area contributed by atoms with Crippen LogP contribution in [-0.2, 0) is 14.3 Å². The number of hydrogen-bond acceptors (Lipinski definition) is 3. The molecule has 0 aliphatic carbocycles. The standard InChI is InChI=1S/C16H12O3S.Na.H/c1-2-19-20(17,18)16-9-5-8-14-10-12-6-3-4-7-13(12)11-15(14)16;;/h2-11H,1H2;;. The molecular weight excluding hydrogens is 295 g/mol. The van der Waals surface area contributed by atoms with E-state index in [4.69, 9.17) is 0 Å². The van der Waals surface area contributed by atoms with Crippen molar-refractivity contribution in [1.29, 1.82) is 0 Å². The van der Waals surface area contributed by atoms with Crippen molar-refractivity contribution in [2.24, 2.45) is 0 Å².